The monoisotopic (exact) mass is 338 g/mol. The molecular weight excluding hydrogens is 312 g/mol. The summed E-state index contributed by atoms with van der Waals surface area (Å²) < 4.78 is 0. The second-order valence-electron chi connectivity index (χ2n) is 6.65. The molecule has 23 heavy (non-hydrogen) atoms. The molecule has 2 heterocycles. The summed E-state index contributed by atoms with van der Waals surface area (Å²) in [4.78, 5) is 13.3. The molecule has 0 aliphatic heterocycles. The van der Waals surface area contributed by atoms with E-state index in [1.165, 1.54) is 4.88 Å². The fourth-order valence-corrected chi connectivity index (χ4v) is 3.61. The Hall–Kier alpha value is -1.28. The third kappa shape index (κ3) is 3.47. The van der Waals surface area contributed by atoms with E-state index in [0.717, 1.165) is 15.8 Å². The van der Waals surface area contributed by atoms with Crippen LogP contribution in [0, 0.1) is 19.3 Å². The summed E-state index contributed by atoms with van der Waals surface area (Å²) in [6, 6.07) is -0.0677. The molecule has 0 saturated heterocycles. The third-order valence-electron chi connectivity index (χ3n) is 4.50. The summed E-state index contributed by atoms with van der Waals surface area (Å²) in [7, 11) is 1.93. The number of nitrogen functional groups attached to an aromatic ring is 1. The van der Waals surface area contributed by atoms with Crippen LogP contribution in [0.15, 0.2) is 0 Å². The standard InChI is InChI=1S/C16H26N4O2S/c1-9-11(3)23-15-12(9)13(17)18-14(19-15)10(2)20(5)6-16(4,7-21)8-22/h10,21-22H,6-8H2,1-5H3,(H2,17,18,19). The van der Waals surface area contributed by atoms with Gasteiger partial charge in [0, 0.05) is 16.8 Å². The van der Waals surface area contributed by atoms with Crippen LogP contribution in [-0.2, 0) is 0 Å². The minimum Gasteiger partial charge on any atom is -0.396 e. The van der Waals surface area contributed by atoms with E-state index < -0.39 is 5.41 Å². The summed E-state index contributed by atoms with van der Waals surface area (Å²) >= 11 is 1.63. The third-order valence-corrected chi connectivity index (χ3v) is 5.60. The zero-order chi connectivity index (χ0) is 17.4. The van der Waals surface area contributed by atoms with E-state index in [9.17, 15) is 10.2 Å². The topological polar surface area (TPSA) is 95.5 Å². The van der Waals surface area contributed by atoms with Crippen LogP contribution in [0.2, 0.25) is 0 Å². The van der Waals surface area contributed by atoms with Gasteiger partial charge in [-0.1, -0.05) is 6.92 Å². The first kappa shape index (κ1) is 18.1. The number of aliphatic hydroxyl groups is 2. The lowest BCUT2D eigenvalue weighted by Crippen LogP contribution is -2.40. The summed E-state index contributed by atoms with van der Waals surface area (Å²) in [5.41, 5.74) is 6.73. The van der Waals surface area contributed by atoms with Gasteiger partial charge in [-0.25, -0.2) is 9.97 Å². The lowest BCUT2D eigenvalue weighted by molar-refractivity contribution is 0.0317. The second kappa shape index (κ2) is 6.68. The van der Waals surface area contributed by atoms with Crippen molar-refractivity contribution < 1.29 is 10.2 Å². The molecule has 0 bridgehead atoms. The lowest BCUT2D eigenvalue weighted by atomic mass is 9.92. The largest absolute Gasteiger partial charge is 0.396 e. The van der Waals surface area contributed by atoms with Crippen molar-refractivity contribution in [3.63, 3.8) is 0 Å². The Morgan fingerprint density at radius 3 is 2.43 bits per heavy atom. The number of nitrogens with two attached hydrogens (primary N) is 1. The number of aromatic nitrogens is 2. The van der Waals surface area contributed by atoms with Crippen molar-refractivity contribution in [2.24, 2.45) is 5.41 Å². The first-order valence-electron chi connectivity index (χ1n) is 7.67. The fraction of sp³-hybridized carbons (Fsp3) is 0.625. The summed E-state index contributed by atoms with van der Waals surface area (Å²) in [6.45, 7) is 8.33. The van der Waals surface area contributed by atoms with Gasteiger partial charge in [-0.05, 0) is 33.4 Å². The van der Waals surface area contributed by atoms with E-state index >= 15 is 0 Å². The van der Waals surface area contributed by atoms with Gasteiger partial charge >= 0.3 is 0 Å². The maximum absolute atomic E-state index is 9.47. The highest BCUT2D eigenvalue weighted by molar-refractivity contribution is 7.18. The lowest BCUT2D eigenvalue weighted by Gasteiger charge is -2.33. The van der Waals surface area contributed by atoms with E-state index in [4.69, 9.17) is 5.73 Å². The molecule has 0 spiro atoms. The van der Waals surface area contributed by atoms with Gasteiger partial charge in [-0.3, -0.25) is 4.90 Å². The first-order valence-corrected chi connectivity index (χ1v) is 8.49. The van der Waals surface area contributed by atoms with Gasteiger partial charge in [0.15, 0.2) is 0 Å². The van der Waals surface area contributed by atoms with E-state index in [2.05, 4.69) is 16.9 Å². The average Bonchev–Trinajstić information content (AvgIpc) is 2.81. The van der Waals surface area contributed by atoms with Crippen molar-refractivity contribution in [1.29, 1.82) is 0 Å². The molecule has 0 fully saturated rings. The Morgan fingerprint density at radius 1 is 1.26 bits per heavy atom. The second-order valence-corrected chi connectivity index (χ2v) is 7.85. The number of fused-ring (bicyclic) bond motifs is 1. The van der Waals surface area contributed by atoms with Crippen molar-refractivity contribution in [3.05, 3.63) is 16.3 Å². The molecule has 6 nitrogen and oxygen atoms in total. The highest BCUT2D eigenvalue weighted by atomic mass is 32.1. The van der Waals surface area contributed by atoms with E-state index in [0.29, 0.717) is 18.2 Å². The first-order chi connectivity index (χ1) is 10.7. The molecule has 128 valence electrons. The average molecular weight is 338 g/mol. The van der Waals surface area contributed by atoms with E-state index in [-0.39, 0.29) is 19.3 Å². The molecule has 7 heteroatoms. The number of rotatable bonds is 6. The van der Waals surface area contributed by atoms with E-state index in [1.54, 1.807) is 11.3 Å². The van der Waals surface area contributed by atoms with Gasteiger partial charge in [-0.2, -0.15) is 0 Å². The summed E-state index contributed by atoms with van der Waals surface area (Å²) in [5, 5.41) is 19.9. The molecule has 2 aromatic heterocycles. The molecule has 0 saturated carbocycles. The number of anilines is 1. The SMILES string of the molecule is Cc1sc2nc(C(C)N(C)CC(C)(CO)CO)nc(N)c2c1C. The van der Waals surface area contributed by atoms with Crippen LogP contribution in [0.4, 0.5) is 5.82 Å². The minimum atomic E-state index is -0.561. The number of hydrogen-bond acceptors (Lipinski definition) is 7. The summed E-state index contributed by atoms with van der Waals surface area (Å²) in [5.74, 6) is 1.18. The van der Waals surface area contributed by atoms with Crippen LogP contribution in [-0.4, -0.2) is 51.9 Å². The molecule has 0 aromatic carbocycles. The number of aliphatic hydroxyl groups excluding tert-OH is 2. The van der Waals surface area contributed by atoms with Crippen LogP contribution in [0.5, 0.6) is 0 Å². The summed E-state index contributed by atoms with van der Waals surface area (Å²) in [6.07, 6.45) is 0. The zero-order valence-corrected chi connectivity index (χ0v) is 15.2. The highest BCUT2D eigenvalue weighted by Crippen LogP contribution is 2.33. The molecule has 0 radical (unpaired) electrons. The number of hydrogen-bond donors (Lipinski definition) is 3. The quantitative estimate of drug-likeness (QED) is 0.744. The molecule has 1 unspecified atom stereocenters. The van der Waals surface area contributed by atoms with Crippen LogP contribution >= 0.6 is 11.3 Å². The van der Waals surface area contributed by atoms with Crippen LogP contribution in [0.1, 0.15) is 36.2 Å². The van der Waals surface area contributed by atoms with Crippen molar-refractivity contribution in [2.75, 3.05) is 32.5 Å². The van der Waals surface area contributed by atoms with Gasteiger partial charge in [-0.15, -0.1) is 11.3 Å². The maximum atomic E-state index is 9.47. The Morgan fingerprint density at radius 2 is 1.87 bits per heavy atom. The van der Waals surface area contributed by atoms with Crippen molar-refractivity contribution >= 4 is 27.4 Å². The molecule has 2 rings (SSSR count). The molecule has 0 amide bonds. The Bertz CT molecular complexity index is 697. The van der Waals surface area contributed by atoms with Gasteiger partial charge in [0.05, 0.1) is 24.6 Å². The number of aryl methyl sites for hydroxylation is 2. The van der Waals surface area contributed by atoms with Crippen molar-refractivity contribution in [2.45, 2.75) is 33.7 Å². The van der Waals surface area contributed by atoms with Crippen LogP contribution in [0.3, 0.4) is 0 Å². The van der Waals surface area contributed by atoms with Crippen molar-refractivity contribution in [1.82, 2.24) is 14.9 Å². The number of nitrogens with zero attached hydrogens (tertiary/aromatic N) is 3. The van der Waals surface area contributed by atoms with E-state index in [1.807, 2.05) is 32.7 Å². The fourth-order valence-electron chi connectivity index (χ4n) is 2.57. The van der Waals surface area contributed by atoms with Crippen molar-refractivity contribution in [3.8, 4) is 0 Å². The highest BCUT2D eigenvalue weighted by Gasteiger charge is 2.28. The normalized spacial score (nSPS) is 13.9. The van der Waals surface area contributed by atoms with Gasteiger partial charge in [0.2, 0.25) is 0 Å². The Labute approximate surface area is 141 Å². The predicted molar refractivity (Wildman–Crippen MR) is 94.6 cm³/mol. The molecule has 0 aliphatic rings. The molecule has 1 atom stereocenters. The Balaban J connectivity index is 2.32. The maximum Gasteiger partial charge on any atom is 0.149 e. The van der Waals surface area contributed by atoms with Gasteiger partial charge in [0.25, 0.3) is 0 Å². The van der Waals surface area contributed by atoms with Gasteiger partial charge < -0.3 is 15.9 Å². The smallest absolute Gasteiger partial charge is 0.149 e. The van der Waals surface area contributed by atoms with Crippen LogP contribution < -0.4 is 5.73 Å². The Kier molecular flexibility index (Phi) is 5.25. The molecule has 4 N–H and O–H groups in total. The zero-order valence-electron chi connectivity index (χ0n) is 14.4. The van der Waals surface area contributed by atoms with Gasteiger partial charge in [0.1, 0.15) is 16.5 Å². The van der Waals surface area contributed by atoms with Crippen LogP contribution in [0.25, 0.3) is 10.2 Å². The predicted octanol–water partition coefficient (Wildman–Crippen LogP) is 1.87. The number of thiophene rings is 1. The molecule has 2 aromatic rings. The minimum absolute atomic E-state index is 0.0677. The molecule has 0 aliphatic carbocycles. The molecular formula is C16H26N4O2S.